The predicted octanol–water partition coefficient (Wildman–Crippen LogP) is 2.23. The second-order valence-electron chi connectivity index (χ2n) is 3.89. The number of ether oxygens (including phenoxy) is 1. The summed E-state index contributed by atoms with van der Waals surface area (Å²) in [6.07, 6.45) is -1.58. The third-order valence-electron chi connectivity index (χ3n) is 2.52. The van der Waals surface area contributed by atoms with Gasteiger partial charge in [-0.3, -0.25) is 4.85 Å². The molecule has 0 aromatic heterocycles. The average molecular weight is 240 g/mol. The topological polar surface area (TPSA) is 39.6 Å². The fraction of sp³-hybridized carbons (Fsp3) is 0.417. The summed E-state index contributed by atoms with van der Waals surface area (Å²) in [6.45, 7) is 7.33. The molecular weight excluding hydrogens is 226 g/mol. The Balaban J connectivity index is 2.80. The summed E-state index contributed by atoms with van der Waals surface area (Å²) in [5, 5.41) is 0. The van der Waals surface area contributed by atoms with Crippen molar-refractivity contribution in [1.82, 2.24) is 0 Å². The Labute approximate surface area is 99.0 Å². The number of rotatable bonds is 5. The number of hydrogen-bond acceptors (Lipinski definition) is 2. The Hall–Kier alpha value is -1.51. The van der Waals surface area contributed by atoms with Crippen LogP contribution in [-0.4, -0.2) is 19.5 Å². The molecule has 3 nitrogen and oxygen atoms in total. The smallest absolute Gasteiger partial charge is 0.318 e. The molecule has 0 aliphatic heterocycles. The first kappa shape index (κ1) is 13.6. The molecule has 0 fully saturated rings. The number of halogens is 2. The van der Waals surface area contributed by atoms with Crippen molar-refractivity contribution in [1.29, 1.82) is 0 Å². The van der Waals surface area contributed by atoms with Gasteiger partial charge in [-0.1, -0.05) is 18.2 Å². The molecule has 0 saturated carbocycles. The Bertz CT molecular complexity index is 415. The first-order chi connectivity index (χ1) is 8.00. The summed E-state index contributed by atoms with van der Waals surface area (Å²) in [5.41, 5.74) is 4.41. The molecule has 0 aliphatic rings. The van der Waals surface area contributed by atoms with Crippen molar-refractivity contribution in [2.45, 2.75) is 18.6 Å². The van der Waals surface area contributed by atoms with E-state index in [0.29, 0.717) is 0 Å². The van der Waals surface area contributed by atoms with Crippen LogP contribution in [0.25, 0.3) is 4.85 Å². The summed E-state index contributed by atoms with van der Waals surface area (Å²) < 4.78 is 32.1. The van der Waals surface area contributed by atoms with Crippen LogP contribution >= 0.6 is 0 Å². The van der Waals surface area contributed by atoms with Crippen LogP contribution < -0.4 is 5.73 Å². The molecule has 1 aromatic carbocycles. The van der Waals surface area contributed by atoms with Crippen molar-refractivity contribution in [3.8, 4) is 0 Å². The largest absolute Gasteiger partial charge is 0.319 e. The molecule has 1 rings (SSSR count). The van der Waals surface area contributed by atoms with Crippen LogP contribution in [0.4, 0.5) is 8.78 Å². The van der Waals surface area contributed by atoms with E-state index in [-0.39, 0.29) is 18.9 Å². The van der Waals surface area contributed by atoms with E-state index >= 15 is 0 Å². The molecule has 0 amide bonds. The predicted molar refractivity (Wildman–Crippen MR) is 60.3 cm³/mol. The van der Waals surface area contributed by atoms with Gasteiger partial charge in [0.2, 0.25) is 0 Å². The standard InChI is InChI=1S/C12H14F2N2O/c1-12(15,11(14)7-17-8-16-2)9-5-3-4-6-10(9)13/h3-6,11H,7-8,15H2,1H3/t11-,12+/m0/s1. The van der Waals surface area contributed by atoms with Gasteiger partial charge >= 0.3 is 6.73 Å². The van der Waals surface area contributed by atoms with Crippen molar-refractivity contribution < 1.29 is 13.5 Å². The first-order valence-electron chi connectivity index (χ1n) is 5.09. The maximum Gasteiger partial charge on any atom is 0.318 e. The van der Waals surface area contributed by atoms with E-state index in [9.17, 15) is 8.78 Å². The number of nitrogens with zero attached hydrogens (tertiary/aromatic N) is 1. The van der Waals surface area contributed by atoms with E-state index in [2.05, 4.69) is 4.85 Å². The molecule has 0 heterocycles. The first-order valence-corrected chi connectivity index (χ1v) is 5.09. The maximum atomic E-state index is 13.9. The van der Waals surface area contributed by atoms with Gasteiger partial charge in [-0.2, -0.15) is 0 Å². The number of nitrogens with two attached hydrogens (primary N) is 1. The lowest BCUT2D eigenvalue weighted by atomic mass is 9.88. The molecule has 0 unspecified atom stereocenters. The molecule has 0 radical (unpaired) electrons. The summed E-state index contributed by atoms with van der Waals surface area (Å²) in [6, 6.07) is 5.78. The SMILES string of the molecule is [C-]#[N+]COC[C@H](F)[C@](C)(N)c1ccccc1F. The molecule has 92 valence electrons. The lowest BCUT2D eigenvalue weighted by Gasteiger charge is -2.28. The Kier molecular flexibility index (Phi) is 4.55. The zero-order valence-corrected chi connectivity index (χ0v) is 9.49. The Morgan fingerprint density at radius 3 is 2.76 bits per heavy atom. The zero-order chi connectivity index (χ0) is 12.9. The normalized spacial score (nSPS) is 15.9. The highest BCUT2D eigenvalue weighted by Gasteiger charge is 2.34. The van der Waals surface area contributed by atoms with Crippen LogP contribution in [0.5, 0.6) is 0 Å². The van der Waals surface area contributed by atoms with E-state index in [0.717, 1.165) is 0 Å². The minimum atomic E-state index is -1.58. The van der Waals surface area contributed by atoms with Crippen molar-refractivity contribution in [3.63, 3.8) is 0 Å². The van der Waals surface area contributed by atoms with Crippen LogP contribution in [0.1, 0.15) is 12.5 Å². The van der Waals surface area contributed by atoms with Gasteiger partial charge in [0.15, 0.2) is 0 Å². The maximum absolute atomic E-state index is 13.9. The molecule has 1 aromatic rings. The van der Waals surface area contributed by atoms with Gasteiger partial charge in [0.05, 0.1) is 12.1 Å². The summed E-state index contributed by atoms with van der Waals surface area (Å²) >= 11 is 0. The molecule has 2 atom stereocenters. The van der Waals surface area contributed by atoms with Gasteiger partial charge in [0, 0.05) is 5.56 Å². The van der Waals surface area contributed by atoms with E-state index in [1.54, 1.807) is 6.07 Å². The van der Waals surface area contributed by atoms with Crippen LogP contribution in [0.2, 0.25) is 0 Å². The quantitative estimate of drug-likeness (QED) is 0.633. The molecule has 5 heteroatoms. The zero-order valence-electron chi connectivity index (χ0n) is 9.49. The van der Waals surface area contributed by atoms with Gasteiger partial charge in [0.1, 0.15) is 12.0 Å². The molecule has 0 spiro atoms. The fourth-order valence-electron chi connectivity index (χ4n) is 1.44. The van der Waals surface area contributed by atoms with Crippen LogP contribution in [0, 0.1) is 12.4 Å². The van der Waals surface area contributed by atoms with E-state index < -0.39 is 17.5 Å². The van der Waals surface area contributed by atoms with Crippen molar-refractivity contribution in [3.05, 3.63) is 47.1 Å². The lowest BCUT2D eigenvalue weighted by molar-refractivity contribution is 0.0594. The summed E-state index contributed by atoms with van der Waals surface area (Å²) in [5.74, 6) is -0.551. The van der Waals surface area contributed by atoms with E-state index in [1.165, 1.54) is 25.1 Å². The van der Waals surface area contributed by atoms with Crippen molar-refractivity contribution >= 4 is 0 Å². The third-order valence-corrected chi connectivity index (χ3v) is 2.52. The second kappa shape index (κ2) is 5.71. The highest BCUT2D eigenvalue weighted by atomic mass is 19.1. The van der Waals surface area contributed by atoms with Crippen LogP contribution in [-0.2, 0) is 10.3 Å². The number of alkyl halides is 1. The molecule has 0 aliphatic carbocycles. The fourth-order valence-corrected chi connectivity index (χ4v) is 1.44. The Morgan fingerprint density at radius 1 is 1.53 bits per heavy atom. The minimum absolute atomic E-state index is 0.0962. The van der Waals surface area contributed by atoms with Gasteiger partial charge in [0.25, 0.3) is 0 Å². The molecule has 2 N–H and O–H groups in total. The lowest BCUT2D eigenvalue weighted by Crippen LogP contribution is -2.45. The van der Waals surface area contributed by atoms with Gasteiger partial charge < -0.3 is 10.5 Å². The molecule has 0 bridgehead atoms. The molecular formula is C12H14F2N2O. The summed E-state index contributed by atoms with van der Waals surface area (Å²) in [4.78, 5) is 2.93. The number of hydrogen-bond donors (Lipinski definition) is 1. The van der Waals surface area contributed by atoms with Gasteiger partial charge in [-0.25, -0.2) is 15.4 Å². The van der Waals surface area contributed by atoms with E-state index in [1.807, 2.05) is 0 Å². The van der Waals surface area contributed by atoms with Crippen molar-refractivity contribution in [2.24, 2.45) is 5.73 Å². The third kappa shape index (κ3) is 3.22. The Morgan fingerprint density at radius 2 is 2.18 bits per heavy atom. The average Bonchev–Trinajstić information content (AvgIpc) is 2.29. The second-order valence-corrected chi connectivity index (χ2v) is 3.89. The highest BCUT2D eigenvalue weighted by molar-refractivity contribution is 5.26. The van der Waals surface area contributed by atoms with Gasteiger partial charge in [-0.15, -0.1) is 0 Å². The highest BCUT2D eigenvalue weighted by Crippen LogP contribution is 2.26. The van der Waals surface area contributed by atoms with Crippen LogP contribution in [0.3, 0.4) is 0 Å². The van der Waals surface area contributed by atoms with Gasteiger partial charge in [-0.05, 0) is 13.0 Å². The number of benzene rings is 1. The molecule has 0 saturated heterocycles. The minimum Gasteiger partial charge on any atom is -0.319 e. The molecule has 17 heavy (non-hydrogen) atoms. The van der Waals surface area contributed by atoms with Crippen LogP contribution in [0.15, 0.2) is 24.3 Å². The monoisotopic (exact) mass is 240 g/mol. The summed E-state index contributed by atoms with van der Waals surface area (Å²) in [7, 11) is 0. The van der Waals surface area contributed by atoms with Crippen molar-refractivity contribution in [2.75, 3.05) is 13.3 Å². The van der Waals surface area contributed by atoms with E-state index in [4.69, 9.17) is 17.0 Å².